The van der Waals surface area contributed by atoms with Crippen molar-refractivity contribution in [3.63, 3.8) is 0 Å². The Balaban J connectivity index is 1.91. The Labute approximate surface area is 145 Å². The molecule has 1 aromatic carbocycles. The standard InChI is InChI=1S/C19H21NO5/c1-10(21)19(3)16-18(2,17(23)25-19)13-14(22)12(9-20-15(13)24-16)11-7-5-4-6-8-11/h4-10,16-17,21,23H,1-3H3,(H,20,22)/t10?,16-,17?,18+,19+/m1/s1. The van der Waals surface area contributed by atoms with E-state index in [1.54, 1.807) is 27.0 Å². The fraction of sp³-hybridized carbons (Fsp3) is 0.421. The Morgan fingerprint density at radius 3 is 2.56 bits per heavy atom. The van der Waals surface area contributed by atoms with Crippen molar-refractivity contribution in [1.82, 2.24) is 4.98 Å². The van der Waals surface area contributed by atoms with Gasteiger partial charge in [-0.1, -0.05) is 30.3 Å². The number of ether oxygens (including phenoxy) is 2. The van der Waals surface area contributed by atoms with Crippen molar-refractivity contribution in [3.8, 4) is 17.0 Å². The molecule has 6 nitrogen and oxygen atoms in total. The maximum absolute atomic E-state index is 13.2. The third-order valence-electron chi connectivity index (χ3n) is 5.68. The first-order valence-electron chi connectivity index (χ1n) is 8.32. The van der Waals surface area contributed by atoms with E-state index in [0.717, 1.165) is 5.56 Å². The fourth-order valence-corrected chi connectivity index (χ4v) is 4.01. The van der Waals surface area contributed by atoms with Crippen LogP contribution in [0.4, 0.5) is 0 Å². The first kappa shape index (κ1) is 16.3. The third kappa shape index (κ3) is 1.99. The smallest absolute Gasteiger partial charge is 0.199 e. The minimum absolute atomic E-state index is 0.206. The van der Waals surface area contributed by atoms with E-state index < -0.39 is 29.5 Å². The fourth-order valence-electron chi connectivity index (χ4n) is 4.01. The van der Waals surface area contributed by atoms with Crippen LogP contribution in [0.5, 0.6) is 5.88 Å². The van der Waals surface area contributed by atoms with Gasteiger partial charge in [-0.05, 0) is 26.3 Å². The highest BCUT2D eigenvalue weighted by atomic mass is 16.7. The third-order valence-corrected chi connectivity index (χ3v) is 5.68. The lowest BCUT2D eigenvalue weighted by molar-refractivity contribution is -0.184. The molecule has 2 aliphatic rings. The van der Waals surface area contributed by atoms with Crippen LogP contribution in [0.25, 0.3) is 11.1 Å². The van der Waals surface area contributed by atoms with E-state index in [1.807, 2.05) is 30.3 Å². The number of fused-ring (bicyclic) bond motifs is 3. The van der Waals surface area contributed by atoms with Crippen molar-refractivity contribution in [1.29, 1.82) is 0 Å². The van der Waals surface area contributed by atoms with Gasteiger partial charge in [-0.15, -0.1) is 0 Å². The molecule has 0 radical (unpaired) electrons. The summed E-state index contributed by atoms with van der Waals surface area (Å²) in [6.07, 6.45) is -1.20. The average molecular weight is 343 g/mol. The van der Waals surface area contributed by atoms with Crippen molar-refractivity contribution in [2.75, 3.05) is 0 Å². The molecular formula is C19H21NO5. The molecule has 2 aromatic rings. The molecule has 0 amide bonds. The van der Waals surface area contributed by atoms with Gasteiger partial charge in [0, 0.05) is 11.8 Å². The zero-order chi connectivity index (χ0) is 18.0. The molecule has 1 saturated heterocycles. The van der Waals surface area contributed by atoms with E-state index in [0.29, 0.717) is 17.0 Å². The number of benzene rings is 1. The van der Waals surface area contributed by atoms with Gasteiger partial charge in [0.1, 0.15) is 11.7 Å². The van der Waals surface area contributed by atoms with Gasteiger partial charge in [0.15, 0.2) is 17.6 Å². The number of hydrogen-bond acceptors (Lipinski definition) is 5. The number of aliphatic hydroxyl groups excluding tert-OH is 2. The second-order valence-corrected chi connectivity index (χ2v) is 7.21. The molecule has 0 aliphatic carbocycles. The highest BCUT2D eigenvalue weighted by Crippen LogP contribution is 2.54. The van der Waals surface area contributed by atoms with Gasteiger partial charge in [-0.25, -0.2) is 0 Å². The number of nitrogens with one attached hydrogen (secondary N) is 1. The summed E-state index contributed by atoms with van der Waals surface area (Å²) in [4.78, 5) is 16.2. The van der Waals surface area contributed by atoms with Crippen molar-refractivity contribution < 1.29 is 19.7 Å². The lowest BCUT2D eigenvalue weighted by Crippen LogP contribution is -2.52. The second-order valence-electron chi connectivity index (χ2n) is 7.21. The molecule has 25 heavy (non-hydrogen) atoms. The average Bonchev–Trinajstić information content (AvgIpc) is 3.00. The summed E-state index contributed by atoms with van der Waals surface area (Å²) in [5.74, 6) is 0.325. The number of aliphatic hydroxyl groups is 2. The van der Waals surface area contributed by atoms with E-state index in [2.05, 4.69) is 4.98 Å². The predicted octanol–water partition coefficient (Wildman–Crippen LogP) is 1.55. The molecule has 2 aliphatic heterocycles. The number of aromatic nitrogens is 1. The normalized spacial score (nSPS) is 34.3. The van der Waals surface area contributed by atoms with Crippen LogP contribution in [0.3, 0.4) is 0 Å². The van der Waals surface area contributed by atoms with Gasteiger partial charge < -0.3 is 24.7 Å². The summed E-state index contributed by atoms with van der Waals surface area (Å²) in [7, 11) is 0. The van der Waals surface area contributed by atoms with Gasteiger partial charge in [-0.3, -0.25) is 4.79 Å². The zero-order valence-electron chi connectivity index (χ0n) is 14.3. The van der Waals surface area contributed by atoms with Crippen LogP contribution in [0, 0.1) is 0 Å². The summed E-state index contributed by atoms with van der Waals surface area (Å²) < 4.78 is 11.6. The van der Waals surface area contributed by atoms with Crippen LogP contribution in [-0.4, -0.2) is 39.3 Å². The molecule has 3 heterocycles. The number of hydrogen-bond donors (Lipinski definition) is 3. The number of H-pyrrole nitrogens is 1. The van der Waals surface area contributed by atoms with Crippen molar-refractivity contribution in [3.05, 3.63) is 52.3 Å². The Kier molecular flexibility index (Phi) is 3.38. The molecule has 0 bridgehead atoms. The van der Waals surface area contributed by atoms with Gasteiger partial charge >= 0.3 is 0 Å². The minimum atomic E-state index is -1.26. The molecule has 1 aromatic heterocycles. The Hall–Kier alpha value is -2.15. The maximum Gasteiger partial charge on any atom is 0.199 e. The van der Waals surface area contributed by atoms with Crippen LogP contribution in [0.2, 0.25) is 0 Å². The largest absolute Gasteiger partial charge is 0.471 e. The summed E-state index contributed by atoms with van der Waals surface area (Å²) in [6, 6.07) is 9.32. The van der Waals surface area contributed by atoms with Crippen LogP contribution >= 0.6 is 0 Å². The Morgan fingerprint density at radius 1 is 1.24 bits per heavy atom. The molecule has 0 saturated carbocycles. The van der Waals surface area contributed by atoms with Gasteiger partial charge in [0.2, 0.25) is 0 Å². The second kappa shape index (κ2) is 5.17. The van der Waals surface area contributed by atoms with Crippen LogP contribution in [-0.2, 0) is 10.2 Å². The molecule has 132 valence electrons. The van der Waals surface area contributed by atoms with Crippen LogP contribution in [0.15, 0.2) is 41.3 Å². The summed E-state index contributed by atoms with van der Waals surface area (Å²) in [5, 5.41) is 20.8. The lowest BCUT2D eigenvalue weighted by Gasteiger charge is -2.32. The quantitative estimate of drug-likeness (QED) is 0.769. The molecule has 6 heteroatoms. The minimum Gasteiger partial charge on any atom is -0.471 e. The van der Waals surface area contributed by atoms with E-state index in [4.69, 9.17) is 9.47 Å². The molecule has 3 N–H and O–H groups in total. The van der Waals surface area contributed by atoms with Crippen LogP contribution < -0.4 is 10.2 Å². The topological polar surface area (TPSA) is 91.8 Å². The Bertz CT molecular complexity index is 877. The van der Waals surface area contributed by atoms with Crippen molar-refractivity contribution >= 4 is 0 Å². The molecular weight excluding hydrogens is 322 g/mol. The van der Waals surface area contributed by atoms with Gasteiger partial charge in [0.25, 0.3) is 0 Å². The van der Waals surface area contributed by atoms with Gasteiger partial charge in [0.05, 0.1) is 17.1 Å². The number of aromatic amines is 1. The number of rotatable bonds is 2. The Morgan fingerprint density at radius 2 is 1.92 bits per heavy atom. The molecule has 4 rings (SSSR count). The maximum atomic E-state index is 13.2. The summed E-state index contributed by atoms with van der Waals surface area (Å²) >= 11 is 0. The van der Waals surface area contributed by atoms with E-state index in [1.165, 1.54) is 0 Å². The molecule has 1 fully saturated rings. The van der Waals surface area contributed by atoms with E-state index in [-0.39, 0.29) is 5.43 Å². The highest BCUT2D eigenvalue weighted by molar-refractivity contribution is 5.65. The van der Waals surface area contributed by atoms with Crippen LogP contribution in [0.1, 0.15) is 26.3 Å². The summed E-state index contributed by atoms with van der Waals surface area (Å²) in [5.41, 5.74) is -0.758. The predicted molar refractivity (Wildman–Crippen MR) is 91.4 cm³/mol. The molecule has 0 spiro atoms. The van der Waals surface area contributed by atoms with E-state index in [9.17, 15) is 15.0 Å². The monoisotopic (exact) mass is 343 g/mol. The number of pyridine rings is 1. The van der Waals surface area contributed by atoms with Gasteiger partial charge in [-0.2, -0.15) is 0 Å². The van der Waals surface area contributed by atoms with E-state index >= 15 is 0 Å². The zero-order valence-corrected chi connectivity index (χ0v) is 14.3. The molecule has 5 atom stereocenters. The summed E-state index contributed by atoms with van der Waals surface area (Å²) in [6.45, 7) is 5.01. The molecule has 2 unspecified atom stereocenters. The van der Waals surface area contributed by atoms with Crippen molar-refractivity contribution in [2.45, 2.75) is 50.3 Å². The first-order chi connectivity index (χ1) is 11.8. The highest BCUT2D eigenvalue weighted by Gasteiger charge is 2.68. The first-order valence-corrected chi connectivity index (χ1v) is 8.32. The van der Waals surface area contributed by atoms with Crippen molar-refractivity contribution in [2.24, 2.45) is 0 Å². The SMILES string of the molecule is CC(O)[C@]1(C)OC(O)[C@@]2(C)c3c([nH]cc(-c4ccccc4)c3=O)O[C@@H]12. The lowest BCUT2D eigenvalue weighted by atomic mass is 9.74.